The molecule has 126 valence electrons. The molecule has 0 saturated carbocycles. The number of methoxy groups -OCH3 is 3. The third kappa shape index (κ3) is 4.83. The number of benzene rings is 2. The fourth-order valence-corrected chi connectivity index (χ4v) is 2.28. The molecule has 0 aliphatic heterocycles. The molecule has 0 aliphatic carbocycles. The summed E-state index contributed by atoms with van der Waals surface area (Å²) in [5.74, 6) is 1.03. The number of carbonyl (C=O) groups is 1. The van der Waals surface area contributed by atoms with Gasteiger partial charge in [0.2, 0.25) is 5.75 Å². The van der Waals surface area contributed by atoms with Crippen LogP contribution in [0.3, 0.4) is 0 Å². The fourth-order valence-electron chi connectivity index (χ4n) is 2.28. The third-order valence-electron chi connectivity index (χ3n) is 3.53. The number of aromatic hydroxyl groups is 1. The van der Waals surface area contributed by atoms with Crippen LogP contribution >= 0.6 is 0 Å². The second-order valence-electron chi connectivity index (χ2n) is 5.04. The Morgan fingerprint density at radius 3 is 2.36 bits per heavy atom. The molecule has 2 rings (SSSR count). The summed E-state index contributed by atoms with van der Waals surface area (Å²) in [5.41, 5.74) is 1.82. The van der Waals surface area contributed by atoms with Gasteiger partial charge in [-0.05, 0) is 18.2 Å². The molecule has 2 aromatic rings. The summed E-state index contributed by atoms with van der Waals surface area (Å²) in [4.78, 5) is 12.5. The largest absolute Gasteiger partial charge is 3.00 e. The van der Waals surface area contributed by atoms with Crippen LogP contribution in [0.1, 0.15) is 21.5 Å². The molecule has 5 nitrogen and oxygen atoms in total. The molecule has 0 atom stereocenters. The number of ketones is 1. The molecular formula is C19H19O5Y+2. The van der Waals surface area contributed by atoms with Gasteiger partial charge >= 0.3 is 32.7 Å². The Bertz CT molecular complexity index is 784. The Morgan fingerprint density at radius 2 is 1.80 bits per heavy atom. The van der Waals surface area contributed by atoms with Crippen LogP contribution in [0.2, 0.25) is 0 Å². The maximum absolute atomic E-state index is 12.5. The summed E-state index contributed by atoms with van der Waals surface area (Å²) in [5, 5.41) is 9.49. The third-order valence-corrected chi connectivity index (χ3v) is 3.53. The summed E-state index contributed by atoms with van der Waals surface area (Å²) in [6.45, 7) is 1.77. The van der Waals surface area contributed by atoms with E-state index in [0.29, 0.717) is 28.4 Å². The number of phenolic OH excluding ortho intramolecular Hbond substituents is 1. The molecule has 0 bridgehead atoms. The van der Waals surface area contributed by atoms with Gasteiger partial charge in [0.1, 0.15) is 0 Å². The average molecular weight is 416 g/mol. The summed E-state index contributed by atoms with van der Waals surface area (Å²) in [6.07, 6.45) is 3.09. The molecule has 0 saturated heterocycles. The molecule has 0 spiro atoms. The number of carbonyl (C=O) groups excluding carboxylic acids is 1. The van der Waals surface area contributed by atoms with Crippen molar-refractivity contribution in [2.24, 2.45) is 0 Å². The van der Waals surface area contributed by atoms with E-state index < -0.39 is 0 Å². The van der Waals surface area contributed by atoms with Gasteiger partial charge in [-0.3, -0.25) is 4.79 Å². The summed E-state index contributed by atoms with van der Waals surface area (Å²) >= 11 is 0. The average Bonchev–Trinajstić information content (AvgIpc) is 2.60. The van der Waals surface area contributed by atoms with E-state index >= 15 is 0 Å². The smallest absolute Gasteiger partial charge is 0.534 e. The van der Waals surface area contributed by atoms with Crippen molar-refractivity contribution >= 4 is 11.9 Å². The Hall–Kier alpha value is -1.85. The van der Waals surface area contributed by atoms with Crippen LogP contribution in [0.5, 0.6) is 23.0 Å². The minimum Gasteiger partial charge on any atom is -0.534 e. The Kier molecular flexibility index (Phi) is 8.13. The SMILES string of the molecule is COc1ccc(C(=O)/C=C/c2c[c-]c(O)c(C)c2)c(OC)c1OC.[Y+3]. The van der Waals surface area contributed by atoms with Gasteiger partial charge in [0.05, 0.1) is 26.9 Å². The van der Waals surface area contributed by atoms with Crippen LogP contribution in [0.25, 0.3) is 6.08 Å². The van der Waals surface area contributed by atoms with Crippen molar-refractivity contribution in [1.82, 2.24) is 0 Å². The van der Waals surface area contributed by atoms with E-state index in [1.807, 2.05) is 0 Å². The van der Waals surface area contributed by atoms with Gasteiger partial charge in [-0.15, -0.1) is 23.3 Å². The normalized spacial score (nSPS) is 10.2. The molecule has 0 amide bonds. The zero-order valence-electron chi connectivity index (χ0n) is 14.6. The number of allylic oxidation sites excluding steroid dienone is 1. The topological polar surface area (TPSA) is 65.0 Å². The van der Waals surface area contributed by atoms with E-state index in [0.717, 1.165) is 5.56 Å². The maximum Gasteiger partial charge on any atom is 3.00 e. The first kappa shape index (κ1) is 21.2. The summed E-state index contributed by atoms with van der Waals surface area (Å²) in [6, 6.07) is 9.37. The molecule has 1 N–H and O–H groups in total. The van der Waals surface area contributed by atoms with Gasteiger partial charge in [0.15, 0.2) is 17.3 Å². The molecule has 0 aromatic heterocycles. The van der Waals surface area contributed by atoms with Crippen LogP contribution < -0.4 is 14.2 Å². The zero-order valence-corrected chi connectivity index (χ0v) is 17.5. The Balaban J connectivity index is 0.00000312. The van der Waals surface area contributed by atoms with Crippen molar-refractivity contribution in [1.29, 1.82) is 0 Å². The van der Waals surface area contributed by atoms with E-state index in [2.05, 4.69) is 6.07 Å². The number of ether oxygens (including phenoxy) is 3. The minimum atomic E-state index is -0.237. The number of phenols is 1. The van der Waals surface area contributed by atoms with Gasteiger partial charge in [0.25, 0.3) is 0 Å². The van der Waals surface area contributed by atoms with Crippen LogP contribution in [0.15, 0.2) is 30.3 Å². The molecule has 2 aromatic carbocycles. The second kappa shape index (κ2) is 9.59. The number of hydrogen-bond acceptors (Lipinski definition) is 5. The second-order valence-corrected chi connectivity index (χ2v) is 5.04. The Labute approximate surface area is 172 Å². The van der Waals surface area contributed by atoms with Crippen LogP contribution in [0.4, 0.5) is 0 Å². The van der Waals surface area contributed by atoms with E-state index in [4.69, 9.17) is 14.2 Å². The molecule has 0 unspecified atom stereocenters. The quantitative estimate of drug-likeness (QED) is 0.444. The van der Waals surface area contributed by atoms with Gasteiger partial charge in [-0.25, -0.2) is 0 Å². The van der Waals surface area contributed by atoms with Crippen molar-refractivity contribution in [2.45, 2.75) is 6.92 Å². The number of rotatable bonds is 6. The molecule has 0 fully saturated rings. The monoisotopic (exact) mass is 416 g/mol. The van der Waals surface area contributed by atoms with Crippen molar-refractivity contribution in [2.75, 3.05) is 21.3 Å². The van der Waals surface area contributed by atoms with Crippen LogP contribution in [-0.4, -0.2) is 32.2 Å². The van der Waals surface area contributed by atoms with Crippen LogP contribution in [-0.2, 0) is 32.7 Å². The number of aryl methyl sites for hydroxylation is 1. The van der Waals surface area contributed by atoms with Gasteiger partial charge in [0, 0.05) is 5.75 Å². The zero-order chi connectivity index (χ0) is 17.7. The van der Waals surface area contributed by atoms with E-state index in [1.54, 1.807) is 37.3 Å². The van der Waals surface area contributed by atoms with Crippen molar-refractivity contribution in [3.63, 3.8) is 0 Å². The predicted octanol–water partition coefficient (Wildman–Crippen LogP) is 3.42. The maximum atomic E-state index is 12.5. The minimum absolute atomic E-state index is 0. The molecule has 0 radical (unpaired) electrons. The molecule has 0 heterocycles. The van der Waals surface area contributed by atoms with Gasteiger partial charge in [-0.2, -0.15) is 12.1 Å². The first-order chi connectivity index (χ1) is 11.5. The van der Waals surface area contributed by atoms with Crippen molar-refractivity contribution < 1.29 is 56.8 Å². The van der Waals surface area contributed by atoms with E-state index in [1.165, 1.54) is 27.4 Å². The molecule has 0 aliphatic rings. The number of hydrogen-bond donors (Lipinski definition) is 1. The van der Waals surface area contributed by atoms with Crippen molar-refractivity contribution in [3.8, 4) is 23.0 Å². The first-order valence-electron chi connectivity index (χ1n) is 7.24. The van der Waals surface area contributed by atoms with E-state index in [9.17, 15) is 9.90 Å². The molecule has 6 heteroatoms. The molecular weight excluding hydrogens is 397 g/mol. The van der Waals surface area contributed by atoms with E-state index in [-0.39, 0.29) is 44.2 Å². The fraction of sp³-hybridized carbons (Fsp3) is 0.211. The summed E-state index contributed by atoms with van der Waals surface area (Å²) in [7, 11) is 4.47. The predicted molar refractivity (Wildman–Crippen MR) is 91.1 cm³/mol. The molecule has 25 heavy (non-hydrogen) atoms. The van der Waals surface area contributed by atoms with Gasteiger partial charge < -0.3 is 19.3 Å². The van der Waals surface area contributed by atoms with Gasteiger partial charge in [-0.1, -0.05) is 6.92 Å². The first-order valence-corrected chi connectivity index (χ1v) is 7.24. The standard InChI is InChI=1S/C19H19O5.Y/c1-12-11-13(5-8-15(12)20)6-9-16(21)14-7-10-17(22-2)19(24-4)18(14)23-3;/h5-7,9-11,20H,1-4H3;/q-1;+3/b9-6+;. The Morgan fingerprint density at radius 1 is 1.12 bits per heavy atom. The van der Waals surface area contributed by atoms with Crippen LogP contribution in [0, 0.1) is 13.0 Å². The van der Waals surface area contributed by atoms with Crippen molar-refractivity contribution in [3.05, 3.63) is 53.1 Å². The summed E-state index contributed by atoms with van der Waals surface area (Å²) < 4.78 is 15.8.